The monoisotopic (exact) mass is 177 g/mol. The van der Waals surface area contributed by atoms with Crippen LogP contribution in [0.25, 0.3) is 6.08 Å². The molecule has 0 atom stereocenters. The average molecular weight is 177 g/mol. The summed E-state index contributed by atoms with van der Waals surface area (Å²) < 4.78 is 0. The van der Waals surface area contributed by atoms with Gasteiger partial charge in [0.1, 0.15) is 0 Å². The SMILES string of the molecule is CC1=Cc2c(N)cccc2SC1. The maximum absolute atomic E-state index is 5.85. The largest absolute Gasteiger partial charge is 0.398 e. The molecule has 2 heteroatoms. The molecule has 0 saturated carbocycles. The Bertz CT molecular complexity index is 342. The van der Waals surface area contributed by atoms with Crippen molar-refractivity contribution in [2.45, 2.75) is 11.8 Å². The molecule has 2 rings (SSSR count). The third kappa shape index (κ3) is 1.23. The standard InChI is InChI=1S/C10H11NS/c1-7-5-8-9(11)3-2-4-10(8)12-6-7/h2-5H,6,11H2,1H3. The van der Waals surface area contributed by atoms with Crippen molar-refractivity contribution in [2.24, 2.45) is 0 Å². The van der Waals surface area contributed by atoms with Crippen LogP contribution in [0.15, 0.2) is 28.7 Å². The van der Waals surface area contributed by atoms with Gasteiger partial charge in [0.2, 0.25) is 0 Å². The van der Waals surface area contributed by atoms with Crippen LogP contribution in [0.2, 0.25) is 0 Å². The van der Waals surface area contributed by atoms with Crippen LogP contribution < -0.4 is 5.73 Å². The number of nitrogens with two attached hydrogens (primary N) is 1. The molecule has 1 heterocycles. The van der Waals surface area contributed by atoms with Gasteiger partial charge in [-0.2, -0.15) is 0 Å². The van der Waals surface area contributed by atoms with Crippen LogP contribution in [0.1, 0.15) is 12.5 Å². The maximum atomic E-state index is 5.85. The van der Waals surface area contributed by atoms with Crippen LogP contribution >= 0.6 is 11.8 Å². The van der Waals surface area contributed by atoms with Crippen LogP contribution in [0, 0.1) is 0 Å². The van der Waals surface area contributed by atoms with Gasteiger partial charge in [0, 0.05) is 21.9 Å². The van der Waals surface area contributed by atoms with E-state index in [9.17, 15) is 0 Å². The molecule has 0 radical (unpaired) electrons. The fourth-order valence-electron chi connectivity index (χ4n) is 1.32. The lowest BCUT2D eigenvalue weighted by atomic mass is 10.1. The Morgan fingerprint density at radius 3 is 3.08 bits per heavy atom. The second kappa shape index (κ2) is 2.87. The van der Waals surface area contributed by atoms with Gasteiger partial charge in [-0.1, -0.05) is 17.7 Å². The van der Waals surface area contributed by atoms with Crippen molar-refractivity contribution in [1.29, 1.82) is 0 Å². The quantitative estimate of drug-likeness (QED) is 0.617. The molecule has 0 aliphatic carbocycles. The zero-order valence-corrected chi connectivity index (χ0v) is 7.82. The fraction of sp³-hybridized carbons (Fsp3) is 0.200. The molecule has 0 fully saturated rings. The second-order valence-electron chi connectivity index (χ2n) is 3.04. The molecular formula is C10H11NS. The van der Waals surface area contributed by atoms with E-state index < -0.39 is 0 Å². The van der Waals surface area contributed by atoms with Crippen molar-refractivity contribution in [3.05, 3.63) is 29.3 Å². The van der Waals surface area contributed by atoms with Crippen LogP contribution in [-0.2, 0) is 0 Å². The molecule has 2 N–H and O–H groups in total. The molecule has 62 valence electrons. The summed E-state index contributed by atoms with van der Waals surface area (Å²) in [7, 11) is 0. The summed E-state index contributed by atoms with van der Waals surface area (Å²) in [6.45, 7) is 2.14. The first-order valence-corrected chi connectivity index (χ1v) is 4.94. The molecule has 0 aromatic heterocycles. The summed E-state index contributed by atoms with van der Waals surface area (Å²) in [5.74, 6) is 1.09. The summed E-state index contributed by atoms with van der Waals surface area (Å²) in [5.41, 5.74) is 9.33. The number of nitrogen functional groups attached to an aromatic ring is 1. The summed E-state index contributed by atoms with van der Waals surface area (Å²) in [5, 5.41) is 0. The summed E-state index contributed by atoms with van der Waals surface area (Å²) in [6, 6.07) is 6.09. The Morgan fingerprint density at radius 2 is 2.25 bits per heavy atom. The third-order valence-corrected chi connectivity index (χ3v) is 3.21. The first-order chi connectivity index (χ1) is 5.77. The Balaban J connectivity index is 2.59. The Hall–Kier alpha value is -0.890. The average Bonchev–Trinajstić information content (AvgIpc) is 2.07. The van der Waals surface area contributed by atoms with E-state index in [-0.39, 0.29) is 0 Å². The van der Waals surface area contributed by atoms with Crippen LogP contribution in [0.3, 0.4) is 0 Å². The Labute approximate surface area is 76.7 Å². The minimum atomic E-state index is 0.888. The maximum Gasteiger partial charge on any atom is 0.0398 e. The van der Waals surface area contributed by atoms with E-state index in [0.29, 0.717) is 0 Å². The highest BCUT2D eigenvalue weighted by molar-refractivity contribution is 7.99. The van der Waals surface area contributed by atoms with Crippen molar-refractivity contribution in [2.75, 3.05) is 11.5 Å². The highest BCUT2D eigenvalue weighted by Crippen LogP contribution is 2.34. The van der Waals surface area contributed by atoms with Crippen molar-refractivity contribution >= 4 is 23.5 Å². The molecular weight excluding hydrogens is 166 g/mol. The van der Waals surface area contributed by atoms with E-state index in [0.717, 1.165) is 11.4 Å². The van der Waals surface area contributed by atoms with E-state index in [1.54, 1.807) is 0 Å². The number of rotatable bonds is 0. The van der Waals surface area contributed by atoms with Gasteiger partial charge < -0.3 is 5.73 Å². The van der Waals surface area contributed by atoms with Crippen molar-refractivity contribution in [1.82, 2.24) is 0 Å². The highest BCUT2D eigenvalue weighted by atomic mass is 32.2. The van der Waals surface area contributed by atoms with Gasteiger partial charge in [0.15, 0.2) is 0 Å². The molecule has 1 aliphatic rings. The highest BCUT2D eigenvalue weighted by Gasteiger charge is 2.09. The fourth-order valence-corrected chi connectivity index (χ4v) is 2.29. The molecule has 0 saturated heterocycles. The minimum Gasteiger partial charge on any atom is -0.398 e. The lowest BCUT2D eigenvalue weighted by molar-refractivity contribution is 1.34. The predicted octanol–water partition coefficient (Wildman–Crippen LogP) is 2.78. The molecule has 0 unspecified atom stereocenters. The van der Waals surface area contributed by atoms with Crippen molar-refractivity contribution in [3.63, 3.8) is 0 Å². The van der Waals surface area contributed by atoms with Gasteiger partial charge in [0.25, 0.3) is 0 Å². The summed E-state index contributed by atoms with van der Waals surface area (Å²) >= 11 is 1.86. The Morgan fingerprint density at radius 1 is 1.42 bits per heavy atom. The minimum absolute atomic E-state index is 0.888. The van der Waals surface area contributed by atoms with E-state index in [2.05, 4.69) is 19.1 Å². The normalized spacial score (nSPS) is 15.2. The van der Waals surface area contributed by atoms with Gasteiger partial charge in [-0.3, -0.25) is 0 Å². The van der Waals surface area contributed by atoms with E-state index in [4.69, 9.17) is 5.73 Å². The van der Waals surface area contributed by atoms with E-state index >= 15 is 0 Å². The Kier molecular flexibility index (Phi) is 1.85. The lowest BCUT2D eigenvalue weighted by Crippen LogP contribution is -1.97. The lowest BCUT2D eigenvalue weighted by Gasteiger charge is -2.14. The molecule has 0 bridgehead atoms. The molecule has 0 spiro atoms. The number of hydrogen-bond donors (Lipinski definition) is 1. The number of anilines is 1. The molecule has 1 nitrogen and oxygen atoms in total. The van der Waals surface area contributed by atoms with Gasteiger partial charge in [-0.15, -0.1) is 11.8 Å². The van der Waals surface area contributed by atoms with Gasteiger partial charge in [0.05, 0.1) is 0 Å². The third-order valence-electron chi connectivity index (χ3n) is 1.95. The summed E-state index contributed by atoms with van der Waals surface area (Å²) in [6.07, 6.45) is 2.18. The molecule has 12 heavy (non-hydrogen) atoms. The van der Waals surface area contributed by atoms with Crippen LogP contribution in [0.5, 0.6) is 0 Å². The van der Waals surface area contributed by atoms with Gasteiger partial charge in [-0.25, -0.2) is 0 Å². The number of fused-ring (bicyclic) bond motifs is 1. The first-order valence-electron chi connectivity index (χ1n) is 3.96. The smallest absolute Gasteiger partial charge is 0.0398 e. The zero-order valence-electron chi connectivity index (χ0n) is 7.00. The topological polar surface area (TPSA) is 26.0 Å². The number of benzene rings is 1. The number of hydrogen-bond acceptors (Lipinski definition) is 2. The number of thioether (sulfide) groups is 1. The van der Waals surface area contributed by atoms with E-state index in [1.165, 1.54) is 16.0 Å². The first kappa shape index (κ1) is 7.74. The van der Waals surface area contributed by atoms with E-state index in [1.807, 2.05) is 23.9 Å². The molecule has 1 aliphatic heterocycles. The van der Waals surface area contributed by atoms with Gasteiger partial charge >= 0.3 is 0 Å². The zero-order chi connectivity index (χ0) is 8.55. The van der Waals surface area contributed by atoms with Gasteiger partial charge in [-0.05, 0) is 19.1 Å². The molecule has 1 aromatic rings. The van der Waals surface area contributed by atoms with Crippen molar-refractivity contribution < 1.29 is 0 Å². The predicted molar refractivity (Wildman–Crippen MR) is 55.2 cm³/mol. The molecule has 1 aromatic carbocycles. The van der Waals surface area contributed by atoms with Crippen molar-refractivity contribution in [3.8, 4) is 0 Å². The van der Waals surface area contributed by atoms with Crippen LogP contribution in [0.4, 0.5) is 5.69 Å². The summed E-state index contributed by atoms with van der Waals surface area (Å²) in [4.78, 5) is 1.31. The molecule has 0 amide bonds. The van der Waals surface area contributed by atoms with Crippen LogP contribution in [-0.4, -0.2) is 5.75 Å². The second-order valence-corrected chi connectivity index (χ2v) is 4.06.